The van der Waals surface area contributed by atoms with Crippen molar-refractivity contribution >= 4 is 5.91 Å². The number of carbonyl (C=O) groups is 1. The first-order valence-corrected chi connectivity index (χ1v) is 7.71. The fraction of sp³-hybridized carbons (Fsp3) is 0.263. The first kappa shape index (κ1) is 17.5. The van der Waals surface area contributed by atoms with Crippen molar-refractivity contribution in [2.45, 2.75) is 19.9 Å². The highest BCUT2D eigenvalue weighted by Crippen LogP contribution is 2.22. The highest BCUT2D eigenvalue weighted by molar-refractivity contribution is 5.97. The molecular formula is C19H19FN2O2. The van der Waals surface area contributed by atoms with E-state index >= 15 is 0 Å². The van der Waals surface area contributed by atoms with Gasteiger partial charge in [0.1, 0.15) is 11.6 Å². The number of halogens is 1. The van der Waals surface area contributed by atoms with Crippen molar-refractivity contribution in [1.82, 2.24) is 4.90 Å². The molecule has 0 aliphatic carbocycles. The first-order valence-electron chi connectivity index (χ1n) is 7.71. The Balaban J connectivity index is 2.27. The minimum absolute atomic E-state index is 0.208. The Morgan fingerprint density at radius 3 is 2.54 bits per heavy atom. The Labute approximate surface area is 141 Å². The maximum Gasteiger partial charge on any atom is 0.258 e. The summed E-state index contributed by atoms with van der Waals surface area (Å²) < 4.78 is 18.7. The molecule has 2 aromatic rings. The van der Waals surface area contributed by atoms with Crippen LogP contribution in [0.2, 0.25) is 0 Å². The van der Waals surface area contributed by atoms with E-state index in [1.54, 1.807) is 17.0 Å². The average Bonchev–Trinajstić information content (AvgIpc) is 2.61. The number of amides is 1. The number of benzene rings is 2. The van der Waals surface area contributed by atoms with E-state index in [2.05, 4.69) is 6.07 Å². The second kappa shape index (κ2) is 8.11. The smallest absolute Gasteiger partial charge is 0.258 e. The van der Waals surface area contributed by atoms with Gasteiger partial charge in [-0.1, -0.05) is 19.1 Å². The molecular weight excluding hydrogens is 307 g/mol. The topological polar surface area (TPSA) is 53.3 Å². The first-order chi connectivity index (χ1) is 11.6. The number of nitriles is 1. The van der Waals surface area contributed by atoms with E-state index in [9.17, 15) is 9.18 Å². The molecule has 24 heavy (non-hydrogen) atoms. The second-order valence-electron chi connectivity index (χ2n) is 5.38. The lowest BCUT2D eigenvalue weighted by Gasteiger charge is -2.23. The summed E-state index contributed by atoms with van der Waals surface area (Å²) in [6.07, 6.45) is 0.777. The Hall–Kier alpha value is -2.87. The van der Waals surface area contributed by atoms with Crippen molar-refractivity contribution in [3.8, 4) is 11.8 Å². The van der Waals surface area contributed by atoms with Crippen LogP contribution in [0.3, 0.4) is 0 Å². The number of carbonyl (C=O) groups excluding carboxylic acids is 1. The summed E-state index contributed by atoms with van der Waals surface area (Å²) in [5, 5.41) is 8.85. The third-order valence-corrected chi connectivity index (χ3v) is 3.63. The van der Waals surface area contributed by atoms with Gasteiger partial charge in [0, 0.05) is 13.1 Å². The Kier molecular flexibility index (Phi) is 5.91. The van der Waals surface area contributed by atoms with Crippen molar-refractivity contribution in [2.75, 3.05) is 13.7 Å². The molecule has 0 aliphatic rings. The van der Waals surface area contributed by atoms with E-state index in [0.717, 1.165) is 12.0 Å². The molecule has 0 bridgehead atoms. The van der Waals surface area contributed by atoms with Gasteiger partial charge in [0.15, 0.2) is 0 Å². The lowest BCUT2D eigenvalue weighted by atomic mass is 10.1. The van der Waals surface area contributed by atoms with Crippen LogP contribution in [0.4, 0.5) is 4.39 Å². The molecule has 0 atom stereocenters. The molecule has 0 fully saturated rings. The number of rotatable bonds is 6. The van der Waals surface area contributed by atoms with E-state index in [1.165, 1.54) is 25.3 Å². The van der Waals surface area contributed by atoms with Gasteiger partial charge in [0.2, 0.25) is 0 Å². The van der Waals surface area contributed by atoms with Crippen LogP contribution in [0.15, 0.2) is 42.5 Å². The summed E-state index contributed by atoms with van der Waals surface area (Å²) >= 11 is 0. The number of methoxy groups -OCH3 is 1. The molecule has 0 saturated carbocycles. The normalized spacial score (nSPS) is 10.1. The summed E-state index contributed by atoms with van der Waals surface area (Å²) in [6.45, 7) is 2.90. The van der Waals surface area contributed by atoms with Crippen LogP contribution in [0.25, 0.3) is 0 Å². The summed E-state index contributed by atoms with van der Waals surface area (Å²) in [5.74, 6) is -0.408. The molecule has 0 spiro atoms. The minimum Gasteiger partial charge on any atom is -0.496 e. The summed E-state index contributed by atoms with van der Waals surface area (Å²) in [5.41, 5.74) is 1.68. The summed E-state index contributed by atoms with van der Waals surface area (Å²) in [7, 11) is 1.45. The fourth-order valence-electron chi connectivity index (χ4n) is 2.45. The lowest BCUT2D eigenvalue weighted by Crippen LogP contribution is -2.31. The van der Waals surface area contributed by atoms with E-state index in [-0.39, 0.29) is 11.5 Å². The van der Waals surface area contributed by atoms with Crippen LogP contribution in [0.1, 0.15) is 34.8 Å². The molecule has 0 saturated heterocycles. The third-order valence-electron chi connectivity index (χ3n) is 3.63. The van der Waals surface area contributed by atoms with Gasteiger partial charge in [-0.15, -0.1) is 0 Å². The lowest BCUT2D eigenvalue weighted by molar-refractivity contribution is 0.0739. The fourth-order valence-corrected chi connectivity index (χ4v) is 2.45. The number of ether oxygens (including phenoxy) is 1. The second-order valence-corrected chi connectivity index (χ2v) is 5.38. The summed E-state index contributed by atoms with van der Waals surface area (Å²) in [6, 6.07) is 13.0. The molecule has 124 valence electrons. The number of hydrogen-bond acceptors (Lipinski definition) is 3. The molecule has 0 heterocycles. The highest BCUT2D eigenvalue weighted by Gasteiger charge is 2.20. The molecule has 2 aromatic carbocycles. The van der Waals surface area contributed by atoms with Crippen LogP contribution < -0.4 is 4.74 Å². The van der Waals surface area contributed by atoms with Crippen molar-refractivity contribution in [3.63, 3.8) is 0 Å². The zero-order valence-electron chi connectivity index (χ0n) is 13.8. The van der Waals surface area contributed by atoms with Crippen molar-refractivity contribution in [3.05, 3.63) is 65.0 Å². The molecule has 5 heteroatoms. The quantitative estimate of drug-likeness (QED) is 0.812. The molecule has 0 aromatic heterocycles. The predicted molar refractivity (Wildman–Crippen MR) is 89.1 cm³/mol. The predicted octanol–water partition coefficient (Wildman–Crippen LogP) is 3.76. The Bertz CT molecular complexity index is 751. The van der Waals surface area contributed by atoms with Crippen LogP contribution in [-0.4, -0.2) is 24.5 Å². The van der Waals surface area contributed by atoms with Crippen LogP contribution in [0, 0.1) is 17.1 Å². The van der Waals surface area contributed by atoms with Crippen LogP contribution in [0.5, 0.6) is 5.75 Å². The average molecular weight is 326 g/mol. The van der Waals surface area contributed by atoms with Gasteiger partial charge in [0.25, 0.3) is 5.91 Å². The van der Waals surface area contributed by atoms with Crippen LogP contribution in [-0.2, 0) is 6.54 Å². The molecule has 0 aliphatic heterocycles. The van der Waals surface area contributed by atoms with Gasteiger partial charge < -0.3 is 9.64 Å². The minimum atomic E-state index is -0.478. The summed E-state index contributed by atoms with van der Waals surface area (Å²) in [4.78, 5) is 14.5. The zero-order valence-corrected chi connectivity index (χ0v) is 13.8. The molecule has 2 rings (SSSR count). The van der Waals surface area contributed by atoms with Gasteiger partial charge in [-0.2, -0.15) is 5.26 Å². The maximum atomic E-state index is 13.5. The molecule has 1 amide bonds. The van der Waals surface area contributed by atoms with Crippen LogP contribution >= 0.6 is 0 Å². The SMILES string of the molecule is CCCN(Cc1ccc(C#N)cc1)C(=O)c1cc(F)ccc1OC. The molecule has 4 nitrogen and oxygen atoms in total. The Morgan fingerprint density at radius 2 is 1.96 bits per heavy atom. The van der Waals surface area contributed by atoms with Gasteiger partial charge in [-0.05, 0) is 42.3 Å². The van der Waals surface area contributed by atoms with Crippen molar-refractivity contribution in [1.29, 1.82) is 5.26 Å². The third kappa shape index (κ3) is 4.11. The van der Waals surface area contributed by atoms with E-state index in [0.29, 0.717) is 24.4 Å². The van der Waals surface area contributed by atoms with Gasteiger partial charge in [-0.25, -0.2) is 4.39 Å². The maximum absolute atomic E-state index is 13.5. The molecule has 0 radical (unpaired) electrons. The Morgan fingerprint density at radius 1 is 1.25 bits per heavy atom. The standard InChI is InChI=1S/C19H19FN2O2/c1-3-10-22(13-15-6-4-14(12-21)5-7-15)19(23)17-11-16(20)8-9-18(17)24-2/h4-9,11H,3,10,13H2,1-2H3. The number of hydrogen-bond donors (Lipinski definition) is 0. The molecule has 0 N–H and O–H groups in total. The van der Waals surface area contributed by atoms with Gasteiger partial charge in [-0.3, -0.25) is 4.79 Å². The highest BCUT2D eigenvalue weighted by atomic mass is 19.1. The number of nitrogens with zero attached hydrogens (tertiary/aromatic N) is 2. The largest absolute Gasteiger partial charge is 0.496 e. The van der Waals surface area contributed by atoms with Crippen molar-refractivity contribution in [2.24, 2.45) is 0 Å². The monoisotopic (exact) mass is 326 g/mol. The van der Waals surface area contributed by atoms with E-state index in [1.807, 2.05) is 19.1 Å². The van der Waals surface area contributed by atoms with Crippen molar-refractivity contribution < 1.29 is 13.9 Å². The van der Waals surface area contributed by atoms with Gasteiger partial charge >= 0.3 is 0 Å². The van der Waals surface area contributed by atoms with Gasteiger partial charge in [0.05, 0.1) is 24.3 Å². The van der Waals surface area contributed by atoms with E-state index in [4.69, 9.17) is 10.00 Å². The zero-order chi connectivity index (χ0) is 17.5. The van der Waals surface area contributed by atoms with E-state index < -0.39 is 5.82 Å². The molecule has 0 unspecified atom stereocenters.